The van der Waals surface area contributed by atoms with E-state index in [0.29, 0.717) is 56.1 Å². The highest BCUT2D eigenvalue weighted by atomic mass is 31.2. The number of allylic oxidation sites excluding steroid dienone is 2. The zero-order chi connectivity index (χ0) is 88.3. The molecule has 0 saturated carbocycles. The second kappa shape index (κ2) is 41.1. The molecule has 5 fully saturated rings. The van der Waals surface area contributed by atoms with Gasteiger partial charge in [0.25, 0.3) is 27.8 Å². The van der Waals surface area contributed by atoms with Gasteiger partial charge in [0, 0.05) is 72.8 Å². The van der Waals surface area contributed by atoms with Crippen molar-refractivity contribution in [2.45, 2.75) is 193 Å². The first-order valence-corrected chi connectivity index (χ1v) is 53.2. The second-order valence-corrected chi connectivity index (χ2v) is 55.7. The molecule has 0 radical (unpaired) electrons. The van der Waals surface area contributed by atoms with Crippen molar-refractivity contribution in [1.29, 1.82) is 0 Å². The number of aryl methyl sites for hydroxylation is 1. The Morgan fingerprint density at radius 3 is 0.940 bits per heavy atom. The molecular formula is C76H123N10O26P5. The average Bonchev–Trinajstić information content (AvgIpc) is 1.64. The molecule has 10 heterocycles. The minimum Gasteiger partial charge on any atom is -0.396 e. The summed E-state index contributed by atoms with van der Waals surface area (Å²) in [5.41, 5.74) is -8.37. The second-order valence-electron chi connectivity index (χ2n) is 34.1. The molecule has 5 aromatic rings. The van der Waals surface area contributed by atoms with Crippen molar-refractivity contribution in [3.63, 3.8) is 0 Å². The van der Waals surface area contributed by atoms with E-state index in [0.717, 1.165) is 53.6 Å². The molecule has 0 aliphatic carbocycles. The summed E-state index contributed by atoms with van der Waals surface area (Å²) in [4.78, 5) is 128. The fraction of sp³-hybridized carbons (Fsp3) is 0.618. The molecule has 5 aliphatic rings. The SMILES string of the molecule is C=CCCc1cn([C@@H]2O[C@H](CCP(=C)(C)C)[C@@H](O)[C@H]2O)c(=O)[nH]c1=O.C=CCc1cn([C@@H]2O[C@H](CCP(=C)(C)C)[C@@H](O)[C@H]2O)c(=O)[nH]c1=O.C=P(C)(C)CC[C@H]1O[C@@H](n2cc(CCO)c(=O)[nH]c2=O)[C@H](O)[C@@H]1O.C=P(C)(C)CC[C@H]1O[C@@H](n2ccc(=O)[nH]c2=O)[C@@](C)(O)[C@@H]1O.C=P(C)(C)CC[C@H]1O[C@@H](n2ccc(=O)[nH]c2=O)[C@](C)(O)[C@@H]1O. The number of hydrogen-bond donors (Lipinski definition) is 16. The summed E-state index contributed by atoms with van der Waals surface area (Å²) in [5.74, 6) is 0. The Hall–Kier alpha value is -6.26. The normalized spacial score (nSPS) is 29.1. The minimum absolute atomic E-state index is 0.0740. The van der Waals surface area contributed by atoms with Crippen LogP contribution in [-0.4, -0.2) is 330 Å². The zero-order valence-corrected chi connectivity index (χ0v) is 73.1. The average molecular weight is 1750 g/mol. The van der Waals surface area contributed by atoms with Gasteiger partial charge in [0.15, 0.2) is 31.1 Å². The predicted octanol–water partition coefficient (Wildman–Crippen LogP) is -1.56. The molecule has 36 nitrogen and oxygen atoms in total. The lowest BCUT2D eigenvalue weighted by Crippen LogP contribution is -2.46. The molecular weight excluding hydrogens is 1620 g/mol. The van der Waals surface area contributed by atoms with E-state index in [1.54, 1.807) is 12.2 Å². The van der Waals surface area contributed by atoms with Crippen LogP contribution in [0.25, 0.3) is 0 Å². The predicted molar refractivity (Wildman–Crippen MR) is 466 cm³/mol. The summed E-state index contributed by atoms with van der Waals surface area (Å²) < 4.78 is 34.1. The number of aliphatic hydroxyl groups excluding tert-OH is 9. The van der Waals surface area contributed by atoms with Crippen LogP contribution in [0.3, 0.4) is 0 Å². The van der Waals surface area contributed by atoms with E-state index in [4.69, 9.17) is 28.8 Å². The Bertz CT molecular complexity index is 5020. The lowest BCUT2D eigenvalue weighted by molar-refractivity contribution is -0.0975. The molecule has 117 heavy (non-hydrogen) atoms. The van der Waals surface area contributed by atoms with Gasteiger partial charge in [0.05, 0.1) is 30.5 Å². The van der Waals surface area contributed by atoms with E-state index >= 15 is 0 Å². The van der Waals surface area contributed by atoms with Crippen molar-refractivity contribution < 1.29 is 79.9 Å². The number of aromatic amines is 5. The van der Waals surface area contributed by atoms with Gasteiger partial charge in [0.1, 0.15) is 60.0 Å². The van der Waals surface area contributed by atoms with E-state index in [9.17, 15) is 99.0 Å². The molecule has 0 amide bonds. The summed E-state index contributed by atoms with van der Waals surface area (Å²) in [6.45, 7) is 24.1. The third-order valence-corrected chi connectivity index (χ3v) is 27.5. The third-order valence-electron chi connectivity index (χ3n) is 20.1. The van der Waals surface area contributed by atoms with Crippen LogP contribution in [0.4, 0.5) is 0 Å². The summed E-state index contributed by atoms with van der Waals surface area (Å²) in [7, 11) is 0. The monoisotopic (exact) mass is 1750 g/mol. The molecule has 10 rings (SSSR count). The number of rotatable bonds is 27. The van der Waals surface area contributed by atoms with Gasteiger partial charge in [-0.15, -0.1) is 79.1 Å². The quantitative estimate of drug-likeness (QED) is 0.0209. The highest BCUT2D eigenvalue weighted by molar-refractivity contribution is 7.73. The van der Waals surface area contributed by atoms with Crippen LogP contribution in [0, 0.1) is 0 Å². The van der Waals surface area contributed by atoms with Crippen molar-refractivity contribution >= 4 is 65.9 Å². The molecule has 5 aliphatic heterocycles. The first kappa shape index (κ1) is 99.6. The molecule has 0 aromatic carbocycles. The fourth-order valence-corrected chi connectivity index (χ4v) is 18.1. The van der Waals surface area contributed by atoms with E-state index < -0.39 is 212 Å². The number of aliphatic hydroxyl groups is 11. The molecule has 5 aromatic heterocycles. The van der Waals surface area contributed by atoms with Crippen LogP contribution in [0.2, 0.25) is 0 Å². The van der Waals surface area contributed by atoms with Crippen LogP contribution < -0.4 is 56.2 Å². The molecule has 0 unspecified atom stereocenters. The van der Waals surface area contributed by atoms with Gasteiger partial charge in [0.2, 0.25) is 0 Å². The Labute approximate surface area is 677 Å². The Balaban J connectivity index is 0.000000227. The Morgan fingerprint density at radius 2 is 0.667 bits per heavy atom. The van der Waals surface area contributed by atoms with E-state index in [1.165, 1.54) is 57.0 Å². The number of hydrogen-bond acceptors (Lipinski definition) is 26. The number of ether oxygens (including phenoxy) is 5. The van der Waals surface area contributed by atoms with Crippen molar-refractivity contribution in [3.05, 3.63) is 189 Å². The molecule has 20 atom stereocenters. The van der Waals surface area contributed by atoms with Gasteiger partial charge in [-0.05, 0) is 163 Å². The van der Waals surface area contributed by atoms with Gasteiger partial charge >= 0.3 is 28.4 Å². The van der Waals surface area contributed by atoms with Gasteiger partial charge in [-0.2, -0.15) is 0 Å². The Morgan fingerprint density at radius 1 is 0.393 bits per heavy atom. The highest BCUT2D eigenvalue weighted by Crippen LogP contribution is 2.46. The zero-order valence-electron chi connectivity index (χ0n) is 68.7. The molecule has 16 N–H and O–H groups in total. The summed E-state index contributed by atoms with van der Waals surface area (Å²) >= 11 is 0. The summed E-state index contributed by atoms with van der Waals surface area (Å²) in [5, 5.41) is 112. The van der Waals surface area contributed by atoms with Crippen molar-refractivity contribution in [1.82, 2.24) is 47.8 Å². The fourth-order valence-electron chi connectivity index (χ4n) is 13.3. The topological polar surface area (TPSA) is 543 Å². The largest absolute Gasteiger partial charge is 0.396 e. The molecule has 0 bridgehead atoms. The first-order valence-electron chi connectivity index (χ1n) is 38.0. The van der Waals surface area contributed by atoms with Crippen molar-refractivity contribution in [2.24, 2.45) is 0 Å². The van der Waals surface area contributed by atoms with E-state index in [-0.39, 0.29) is 25.0 Å². The van der Waals surface area contributed by atoms with Crippen LogP contribution in [0.1, 0.15) is 100 Å². The standard InChI is InChI=1S/C17H27N2O5P.C16H25N2O5P.C15H25N2O6P.2C14H23N2O5P/c1-5-6-7-11-10-19(17(23)18-15(11)22)16-14(21)13(20)12(24-16)8-9-25(2,3)4;1-5-6-10-9-18(16(22)17-14(10)21)15-13(20)12(19)11(23-15)7-8-24(2,3)4;1-24(2,3)7-5-10-11(19)12(20)14(23-10)17-8-9(4-6-18)13(21)16-15(17)22;2*1-14(20)11(18)9(6-8-22(2,3)4)21-12(14)16-7-5-10(17)15-13(16)19/h5,10,12-14,16,20-21H,1-2,6-9H2,3-4H3,(H,18,22,23);5,9,11-13,15,19-20H,1-2,6-8H2,3-4H3,(H,17,21,22);8,10-12,14,18-20H,1,4-7H2,2-3H3,(H,16,21,22);2*5,7,9,11-12,18,20H,2,6,8H2,1,3-4H3,(H,15,17,19)/t12-,13-,14-,16-;11-,12-,13-,15-;10-,11-,12-,14-;9-,11-,12-,14+;9-,11-,12-,14-/m11111/s1. The van der Waals surface area contributed by atoms with Crippen LogP contribution in [-0.2, 0) is 42.9 Å². The minimum atomic E-state index is -1.63. The number of aromatic nitrogens is 10. The van der Waals surface area contributed by atoms with Crippen molar-refractivity contribution in [3.8, 4) is 0 Å². The highest BCUT2D eigenvalue weighted by Gasteiger charge is 2.55. The van der Waals surface area contributed by atoms with Gasteiger partial charge in [-0.1, -0.05) is 12.2 Å². The summed E-state index contributed by atoms with van der Waals surface area (Å²) in [6.07, 6.45) is 20.9. The number of nitrogens with zero attached hydrogens (tertiary/aromatic N) is 5. The van der Waals surface area contributed by atoms with Crippen molar-refractivity contribution in [2.75, 3.05) is 104 Å². The molecule has 41 heteroatoms. The number of nitrogens with one attached hydrogen (secondary N) is 5. The summed E-state index contributed by atoms with van der Waals surface area (Å²) in [6, 6.07) is 2.34. The third kappa shape index (κ3) is 27.4. The molecule has 658 valence electrons. The van der Waals surface area contributed by atoms with Crippen LogP contribution in [0.5, 0.6) is 0 Å². The maximum absolute atomic E-state index is 12.1. The van der Waals surface area contributed by atoms with Crippen LogP contribution in [0.15, 0.2) is 116 Å². The maximum Gasteiger partial charge on any atom is 0.330 e. The number of H-pyrrole nitrogens is 5. The Kier molecular flexibility index (Phi) is 35.0. The smallest absolute Gasteiger partial charge is 0.330 e. The van der Waals surface area contributed by atoms with Gasteiger partial charge in [-0.3, -0.25) is 71.7 Å². The van der Waals surface area contributed by atoms with Gasteiger partial charge < -0.3 is 79.9 Å². The van der Waals surface area contributed by atoms with E-state index in [1.807, 2.05) is 0 Å². The molecule has 0 spiro atoms. The first-order chi connectivity index (χ1) is 53.9. The lowest BCUT2D eigenvalue weighted by atomic mass is 9.95. The molecule has 5 saturated heterocycles. The van der Waals surface area contributed by atoms with Crippen LogP contribution >= 0.6 is 34.4 Å². The van der Waals surface area contributed by atoms with Gasteiger partial charge in [-0.25, -0.2) is 24.0 Å². The maximum atomic E-state index is 12.1. The van der Waals surface area contributed by atoms with E-state index in [2.05, 4.69) is 136 Å². The lowest BCUT2D eigenvalue weighted by Gasteiger charge is -2.27.